The minimum Gasteiger partial charge on any atom is -0.379 e. The molecule has 1 radical (unpaired) electrons. The Morgan fingerprint density at radius 1 is 1.20 bits per heavy atom. The van der Waals surface area contributed by atoms with Crippen molar-refractivity contribution in [2.24, 2.45) is 0 Å². The van der Waals surface area contributed by atoms with Crippen LogP contribution in [0.4, 0.5) is 0 Å². The van der Waals surface area contributed by atoms with Crippen molar-refractivity contribution < 1.29 is 14.3 Å². The lowest BCUT2D eigenvalue weighted by Gasteiger charge is -2.29. The van der Waals surface area contributed by atoms with Gasteiger partial charge in [-0.05, 0) is 12.0 Å². The zero-order valence-electron chi connectivity index (χ0n) is 12.5. The van der Waals surface area contributed by atoms with Crippen molar-refractivity contribution in [3.8, 4) is 0 Å². The molecule has 0 aliphatic heterocycles. The molecule has 0 saturated heterocycles. The molecule has 0 amide bonds. The summed E-state index contributed by atoms with van der Waals surface area (Å²) in [4.78, 5) is 11.2. The molecule has 0 fully saturated rings. The number of hydrogen-bond donors (Lipinski definition) is 1. The van der Waals surface area contributed by atoms with Crippen molar-refractivity contribution in [2.45, 2.75) is 44.6 Å². The van der Waals surface area contributed by atoms with Crippen molar-refractivity contribution >= 4 is 6.29 Å². The lowest BCUT2D eigenvalue weighted by molar-refractivity contribution is -0.0474. The summed E-state index contributed by atoms with van der Waals surface area (Å²) in [7, 11) is 3.24. The predicted octanol–water partition coefficient (Wildman–Crippen LogP) is 2.08. The summed E-state index contributed by atoms with van der Waals surface area (Å²) in [6.45, 7) is 2.68. The van der Waals surface area contributed by atoms with Gasteiger partial charge in [0.15, 0.2) is 0 Å². The molecule has 4 nitrogen and oxygen atoms in total. The van der Waals surface area contributed by atoms with Crippen LogP contribution in [0.15, 0.2) is 30.3 Å². The summed E-state index contributed by atoms with van der Waals surface area (Å²) >= 11 is 0. The maximum atomic E-state index is 11.2. The summed E-state index contributed by atoms with van der Waals surface area (Å²) < 4.78 is 10.9. The van der Waals surface area contributed by atoms with Gasteiger partial charge in [-0.15, -0.1) is 0 Å². The average molecular weight is 278 g/mol. The molecule has 0 spiro atoms. The van der Waals surface area contributed by atoms with E-state index in [0.29, 0.717) is 6.54 Å². The van der Waals surface area contributed by atoms with E-state index in [2.05, 4.69) is 12.2 Å². The highest BCUT2D eigenvalue weighted by molar-refractivity contribution is 5.59. The molecular weight excluding hydrogens is 254 g/mol. The Labute approximate surface area is 121 Å². The molecule has 4 heteroatoms. The van der Waals surface area contributed by atoms with Crippen LogP contribution in [-0.2, 0) is 20.8 Å². The van der Waals surface area contributed by atoms with Crippen molar-refractivity contribution in [2.75, 3.05) is 14.2 Å². The van der Waals surface area contributed by atoms with Gasteiger partial charge in [-0.25, -0.2) is 0 Å². The quantitative estimate of drug-likeness (QED) is 0.712. The Morgan fingerprint density at radius 2 is 1.90 bits per heavy atom. The zero-order valence-corrected chi connectivity index (χ0v) is 12.5. The smallest absolute Gasteiger partial charge is 0.219 e. The molecule has 1 aromatic carbocycles. The summed E-state index contributed by atoms with van der Waals surface area (Å²) in [6.07, 6.45) is 3.41. The molecule has 111 valence electrons. The second-order valence-corrected chi connectivity index (χ2v) is 4.73. The maximum Gasteiger partial charge on any atom is 0.219 e. The van der Waals surface area contributed by atoms with Crippen LogP contribution in [0.1, 0.15) is 25.3 Å². The molecule has 0 heterocycles. The lowest BCUT2D eigenvalue weighted by Crippen LogP contribution is -2.48. The predicted molar refractivity (Wildman–Crippen MR) is 79.3 cm³/mol. The van der Waals surface area contributed by atoms with E-state index in [4.69, 9.17) is 9.47 Å². The van der Waals surface area contributed by atoms with E-state index in [1.807, 2.05) is 36.6 Å². The largest absolute Gasteiger partial charge is 0.379 e. The number of nitrogens with one attached hydrogen (secondary N) is 1. The van der Waals surface area contributed by atoms with E-state index >= 15 is 0 Å². The van der Waals surface area contributed by atoms with E-state index in [9.17, 15) is 4.79 Å². The molecule has 3 atom stereocenters. The molecular formula is C16H24NO3. The van der Waals surface area contributed by atoms with Gasteiger partial charge in [-0.3, -0.25) is 4.79 Å². The van der Waals surface area contributed by atoms with Gasteiger partial charge in [-0.1, -0.05) is 43.7 Å². The maximum absolute atomic E-state index is 11.2. The third-order valence-corrected chi connectivity index (χ3v) is 3.34. The minimum atomic E-state index is -0.503. The van der Waals surface area contributed by atoms with E-state index in [0.717, 1.165) is 18.4 Å². The van der Waals surface area contributed by atoms with E-state index in [1.54, 1.807) is 14.2 Å². The molecule has 1 N–H and O–H groups in total. The summed E-state index contributed by atoms with van der Waals surface area (Å²) in [5.41, 5.74) is 1.12. The number of rotatable bonds is 10. The van der Waals surface area contributed by atoms with Crippen LogP contribution in [0, 0.1) is 0 Å². The molecule has 0 aliphatic carbocycles. The van der Waals surface area contributed by atoms with Gasteiger partial charge in [-0.2, -0.15) is 0 Å². The standard InChI is InChI=1S/C16H24NO3/c1-4-8-15(19-2)16(20-3)14(12-18)17-11-13-9-6-5-7-10-13/h5-7,9-10,14-17H,4,8,11H2,1-3H3. The second kappa shape index (κ2) is 9.64. The Bertz CT molecular complexity index is 369. The first-order valence-corrected chi connectivity index (χ1v) is 6.97. The van der Waals surface area contributed by atoms with Crippen molar-refractivity contribution in [1.82, 2.24) is 5.32 Å². The fraction of sp³-hybridized carbons (Fsp3) is 0.562. The van der Waals surface area contributed by atoms with Gasteiger partial charge in [0.1, 0.15) is 12.1 Å². The fourth-order valence-electron chi connectivity index (χ4n) is 2.25. The Morgan fingerprint density at radius 3 is 2.40 bits per heavy atom. The van der Waals surface area contributed by atoms with Gasteiger partial charge in [0, 0.05) is 20.8 Å². The van der Waals surface area contributed by atoms with Crippen LogP contribution >= 0.6 is 0 Å². The Hall–Kier alpha value is -1.23. The number of methoxy groups -OCH3 is 2. The van der Waals surface area contributed by atoms with E-state index < -0.39 is 6.04 Å². The van der Waals surface area contributed by atoms with Gasteiger partial charge in [0.25, 0.3) is 0 Å². The third kappa shape index (κ3) is 5.04. The van der Waals surface area contributed by atoms with Crippen molar-refractivity contribution in [3.63, 3.8) is 0 Å². The lowest BCUT2D eigenvalue weighted by atomic mass is 10.0. The van der Waals surface area contributed by atoms with Crippen molar-refractivity contribution in [1.29, 1.82) is 0 Å². The van der Waals surface area contributed by atoms with Gasteiger partial charge in [0.05, 0.1) is 6.10 Å². The van der Waals surface area contributed by atoms with Crippen LogP contribution in [0.5, 0.6) is 0 Å². The average Bonchev–Trinajstić information content (AvgIpc) is 2.50. The van der Waals surface area contributed by atoms with Gasteiger partial charge >= 0.3 is 0 Å². The highest BCUT2D eigenvalue weighted by Gasteiger charge is 2.29. The SMILES string of the molecule is CCCC(OC)C(OC)C([C]=O)NCc1ccccc1. The van der Waals surface area contributed by atoms with Gasteiger partial charge < -0.3 is 14.8 Å². The van der Waals surface area contributed by atoms with Crippen LogP contribution in [0.25, 0.3) is 0 Å². The van der Waals surface area contributed by atoms with Gasteiger partial charge in [0.2, 0.25) is 6.29 Å². The molecule has 0 aromatic heterocycles. The Balaban J connectivity index is 2.64. The third-order valence-electron chi connectivity index (χ3n) is 3.34. The number of benzene rings is 1. The van der Waals surface area contributed by atoms with E-state index in [1.165, 1.54) is 0 Å². The first-order valence-electron chi connectivity index (χ1n) is 6.97. The highest BCUT2D eigenvalue weighted by Crippen LogP contribution is 2.13. The molecule has 0 bridgehead atoms. The first-order chi connectivity index (χ1) is 9.76. The topological polar surface area (TPSA) is 47.6 Å². The summed E-state index contributed by atoms with van der Waals surface area (Å²) in [5, 5.41) is 3.18. The van der Waals surface area contributed by atoms with Crippen molar-refractivity contribution in [3.05, 3.63) is 35.9 Å². The fourth-order valence-corrected chi connectivity index (χ4v) is 2.25. The van der Waals surface area contributed by atoms with Crippen LogP contribution in [0.3, 0.4) is 0 Å². The normalized spacial score (nSPS) is 15.6. The number of hydrogen-bond acceptors (Lipinski definition) is 4. The monoisotopic (exact) mass is 278 g/mol. The van der Waals surface area contributed by atoms with Crippen LogP contribution in [-0.4, -0.2) is 38.8 Å². The zero-order chi connectivity index (χ0) is 14.8. The number of ether oxygens (including phenoxy) is 2. The molecule has 1 rings (SSSR count). The van der Waals surface area contributed by atoms with Crippen LogP contribution in [0.2, 0.25) is 0 Å². The molecule has 0 aliphatic rings. The summed E-state index contributed by atoms with van der Waals surface area (Å²) in [6, 6.07) is 9.43. The Kier molecular flexibility index (Phi) is 8.11. The molecule has 3 unspecified atom stereocenters. The highest BCUT2D eigenvalue weighted by atomic mass is 16.5. The molecule has 20 heavy (non-hydrogen) atoms. The summed E-state index contributed by atoms with van der Waals surface area (Å²) in [5.74, 6) is 0. The first kappa shape index (κ1) is 16.8. The molecule has 1 aromatic rings. The second-order valence-electron chi connectivity index (χ2n) is 4.73. The minimum absolute atomic E-state index is 0.111. The van der Waals surface area contributed by atoms with E-state index in [-0.39, 0.29) is 12.2 Å². The van der Waals surface area contributed by atoms with Crippen LogP contribution < -0.4 is 5.32 Å². The number of carbonyl (C=O) groups excluding carboxylic acids is 1. The molecule has 0 saturated carbocycles.